The number of phenolic OH excluding ortho intramolecular Hbond substituents is 2. The van der Waals surface area contributed by atoms with Crippen LogP contribution in [0.1, 0.15) is 48.4 Å². The van der Waals surface area contributed by atoms with Gasteiger partial charge in [0, 0.05) is 13.0 Å². The van der Waals surface area contributed by atoms with Gasteiger partial charge in [-0.1, -0.05) is 23.2 Å². The highest BCUT2D eigenvalue weighted by atomic mass is 35.5. The van der Waals surface area contributed by atoms with E-state index in [0.717, 1.165) is 25.2 Å². The Bertz CT molecular complexity index is 1240. The molecule has 0 aromatic heterocycles. The molecule has 10 heteroatoms. The van der Waals surface area contributed by atoms with Crippen LogP contribution in [0.3, 0.4) is 0 Å². The Morgan fingerprint density at radius 1 is 0.750 bits per heavy atom. The third kappa shape index (κ3) is 4.18. The maximum Gasteiger partial charge on any atom is 0.308 e. The molecule has 0 bridgehead atoms. The second-order valence-electron chi connectivity index (χ2n) is 6.49. The topological polar surface area (TPSA) is 135 Å². The van der Waals surface area contributed by atoms with Gasteiger partial charge in [0.1, 0.15) is 11.5 Å². The third-order valence-electron chi connectivity index (χ3n) is 4.36. The lowest BCUT2D eigenvalue weighted by molar-refractivity contribution is -0.136. The highest BCUT2D eigenvalue weighted by Gasteiger charge is 2.31. The number of benzene rings is 2. The lowest BCUT2D eigenvalue weighted by atomic mass is 9.93. The smallest absolute Gasteiger partial charge is 0.308 e. The standard InChI is InChI=1S/C12H6Cl2O4.C10H6O4/c1-5(15)18-9-4-8(16)10-6(13)2-3-7(14)11(10)12(9)17;11-5-1-2-6(12)10-8(14)4-3-7(13)9(5)10/h2-4H,1H3;1-4,11-12H. The normalized spacial score (nSPS) is 14.2. The fourth-order valence-electron chi connectivity index (χ4n) is 3.02. The lowest BCUT2D eigenvalue weighted by Gasteiger charge is -2.16. The average Bonchev–Trinajstić information content (AvgIpc) is 2.72. The molecule has 0 amide bonds. The van der Waals surface area contributed by atoms with Gasteiger partial charge in [0.2, 0.25) is 5.78 Å². The number of hydrogen-bond acceptors (Lipinski definition) is 8. The number of rotatable bonds is 1. The molecule has 0 radical (unpaired) electrons. The second kappa shape index (κ2) is 8.78. The van der Waals surface area contributed by atoms with Crippen molar-refractivity contribution < 1.29 is 38.9 Å². The summed E-state index contributed by atoms with van der Waals surface area (Å²) in [5.74, 6) is -3.73. The van der Waals surface area contributed by atoms with Crippen LogP contribution in [0.15, 0.2) is 48.3 Å². The van der Waals surface area contributed by atoms with Gasteiger partial charge in [-0.25, -0.2) is 0 Å². The number of hydrogen-bond donors (Lipinski definition) is 2. The summed E-state index contributed by atoms with van der Waals surface area (Å²) in [6.07, 6.45) is 3.09. The summed E-state index contributed by atoms with van der Waals surface area (Å²) in [6, 6.07) is 5.19. The summed E-state index contributed by atoms with van der Waals surface area (Å²) >= 11 is 11.7. The number of esters is 1. The monoisotopic (exact) mass is 474 g/mol. The fourth-order valence-corrected chi connectivity index (χ4v) is 3.52. The minimum absolute atomic E-state index is 0.0325. The number of ketones is 4. The Balaban J connectivity index is 0.000000186. The summed E-state index contributed by atoms with van der Waals surface area (Å²) in [5, 5.41) is 18.9. The van der Waals surface area contributed by atoms with E-state index in [4.69, 9.17) is 23.2 Å². The zero-order valence-corrected chi connectivity index (χ0v) is 17.7. The minimum Gasteiger partial charge on any atom is -0.507 e. The predicted molar refractivity (Wildman–Crippen MR) is 113 cm³/mol. The maximum atomic E-state index is 12.0. The molecule has 0 saturated carbocycles. The average molecular weight is 475 g/mol. The van der Waals surface area contributed by atoms with E-state index in [-0.39, 0.29) is 49.6 Å². The van der Waals surface area contributed by atoms with E-state index in [0.29, 0.717) is 0 Å². The van der Waals surface area contributed by atoms with E-state index in [1.54, 1.807) is 0 Å². The van der Waals surface area contributed by atoms with Crippen LogP contribution in [0.25, 0.3) is 0 Å². The van der Waals surface area contributed by atoms with Gasteiger partial charge in [-0.3, -0.25) is 24.0 Å². The summed E-state index contributed by atoms with van der Waals surface area (Å²) in [6.45, 7) is 1.13. The Morgan fingerprint density at radius 3 is 1.69 bits per heavy atom. The van der Waals surface area contributed by atoms with Gasteiger partial charge in [0.15, 0.2) is 23.1 Å². The van der Waals surface area contributed by atoms with Crippen molar-refractivity contribution in [3.05, 3.63) is 80.6 Å². The summed E-state index contributed by atoms with van der Waals surface area (Å²) in [4.78, 5) is 57.3. The van der Waals surface area contributed by atoms with Crippen LogP contribution in [0, 0.1) is 0 Å². The number of fused-ring (bicyclic) bond motifs is 2. The van der Waals surface area contributed by atoms with Crippen molar-refractivity contribution in [3.63, 3.8) is 0 Å². The predicted octanol–water partition coefficient (Wildman–Crippen LogP) is 3.85. The molecule has 2 aromatic rings. The second-order valence-corrected chi connectivity index (χ2v) is 7.30. The van der Waals surface area contributed by atoms with Crippen LogP contribution in [-0.2, 0) is 9.53 Å². The Morgan fingerprint density at radius 2 is 1.22 bits per heavy atom. The molecule has 2 aromatic carbocycles. The van der Waals surface area contributed by atoms with Gasteiger partial charge in [-0.2, -0.15) is 0 Å². The largest absolute Gasteiger partial charge is 0.507 e. The van der Waals surface area contributed by atoms with Crippen LogP contribution < -0.4 is 0 Å². The molecule has 0 atom stereocenters. The molecule has 0 saturated heterocycles. The van der Waals surface area contributed by atoms with Crippen LogP contribution in [0.2, 0.25) is 10.0 Å². The van der Waals surface area contributed by atoms with Gasteiger partial charge in [0.05, 0.1) is 32.3 Å². The zero-order valence-electron chi connectivity index (χ0n) is 16.1. The highest BCUT2D eigenvalue weighted by molar-refractivity contribution is 6.42. The van der Waals surface area contributed by atoms with Gasteiger partial charge < -0.3 is 14.9 Å². The molecular weight excluding hydrogens is 463 g/mol. The van der Waals surface area contributed by atoms with Crippen LogP contribution in [0.5, 0.6) is 11.5 Å². The number of Topliss-reactive ketones (excluding diaryl/α,β-unsaturated/α-hetero) is 1. The van der Waals surface area contributed by atoms with Crippen molar-refractivity contribution in [1.29, 1.82) is 0 Å². The van der Waals surface area contributed by atoms with Crippen molar-refractivity contribution in [2.24, 2.45) is 0 Å². The van der Waals surface area contributed by atoms with E-state index in [1.165, 1.54) is 24.3 Å². The number of aromatic hydroxyl groups is 2. The molecule has 2 aliphatic carbocycles. The van der Waals surface area contributed by atoms with Gasteiger partial charge >= 0.3 is 5.97 Å². The number of allylic oxidation sites excluding steroid dienone is 4. The van der Waals surface area contributed by atoms with Crippen molar-refractivity contribution in [2.75, 3.05) is 0 Å². The summed E-state index contributed by atoms with van der Waals surface area (Å²) in [7, 11) is 0. The fraction of sp³-hybridized carbons (Fsp3) is 0.0455. The first-order valence-corrected chi connectivity index (χ1v) is 9.57. The molecule has 0 unspecified atom stereocenters. The SMILES string of the molecule is CC(=O)OC1=CC(=O)c2c(Cl)ccc(Cl)c2C1=O.O=C1C=CC(=O)c2c(O)ccc(O)c21. The first-order valence-electron chi connectivity index (χ1n) is 8.81. The molecule has 0 aliphatic heterocycles. The van der Waals surface area contributed by atoms with Crippen molar-refractivity contribution >= 4 is 52.3 Å². The third-order valence-corrected chi connectivity index (χ3v) is 4.99. The number of carbonyl (C=O) groups excluding carboxylic acids is 5. The van der Waals surface area contributed by atoms with Crippen LogP contribution >= 0.6 is 23.2 Å². The van der Waals surface area contributed by atoms with Crippen molar-refractivity contribution in [1.82, 2.24) is 0 Å². The quantitative estimate of drug-likeness (QED) is 0.469. The van der Waals surface area contributed by atoms with E-state index < -0.39 is 29.1 Å². The Kier molecular flexibility index (Phi) is 6.29. The molecule has 32 heavy (non-hydrogen) atoms. The molecule has 2 N–H and O–H groups in total. The van der Waals surface area contributed by atoms with Gasteiger partial charge in [0.25, 0.3) is 0 Å². The minimum atomic E-state index is -0.691. The van der Waals surface area contributed by atoms with E-state index in [9.17, 15) is 34.2 Å². The van der Waals surface area contributed by atoms with E-state index in [2.05, 4.69) is 4.74 Å². The van der Waals surface area contributed by atoms with E-state index >= 15 is 0 Å². The Labute approximate surface area is 190 Å². The highest BCUT2D eigenvalue weighted by Crippen LogP contribution is 2.33. The number of ether oxygens (including phenoxy) is 1. The first kappa shape index (κ1) is 22.9. The molecule has 0 spiro atoms. The number of carbonyl (C=O) groups is 5. The summed E-state index contributed by atoms with van der Waals surface area (Å²) in [5.41, 5.74) is -0.256. The molecule has 2 aliphatic rings. The Hall–Kier alpha value is -3.75. The maximum absolute atomic E-state index is 12.0. The zero-order chi connectivity index (χ0) is 23.7. The van der Waals surface area contributed by atoms with Gasteiger partial charge in [-0.05, 0) is 36.4 Å². The van der Waals surface area contributed by atoms with Gasteiger partial charge in [-0.15, -0.1) is 0 Å². The molecular formula is C22H12Cl2O8. The molecule has 0 fully saturated rings. The molecule has 4 rings (SSSR count). The summed E-state index contributed by atoms with van der Waals surface area (Å²) < 4.78 is 4.68. The first-order chi connectivity index (χ1) is 15.0. The van der Waals surface area contributed by atoms with E-state index in [1.807, 2.05) is 0 Å². The molecule has 8 nitrogen and oxygen atoms in total. The molecule has 162 valence electrons. The number of halogens is 2. The van der Waals surface area contributed by atoms with Crippen LogP contribution in [-0.4, -0.2) is 39.3 Å². The lowest BCUT2D eigenvalue weighted by Crippen LogP contribution is -2.20. The molecule has 0 heterocycles. The van der Waals surface area contributed by atoms with Crippen molar-refractivity contribution in [3.8, 4) is 11.5 Å². The van der Waals surface area contributed by atoms with Crippen LogP contribution in [0.4, 0.5) is 0 Å². The van der Waals surface area contributed by atoms with Crippen molar-refractivity contribution in [2.45, 2.75) is 6.92 Å². The number of phenols is 2.